The number of aliphatic hydroxyl groups is 1. The van der Waals surface area contributed by atoms with Crippen LogP contribution in [0.4, 0.5) is 0 Å². The molecule has 1 radical (unpaired) electrons. The Labute approximate surface area is 107 Å². The molecule has 0 fully saturated rings. The second kappa shape index (κ2) is 4.83. The molecule has 18 heavy (non-hydrogen) atoms. The molecule has 3 rings (SSSR count). The molecule has 0 bridgehead atoms. The van der Waals surface area contributed by atoms with E-state index in [1.54, 1.807) is 0 Å². The number of hydrogen-bond donors (Lipinski definition) is 1. The van der Waals surface area contributed by atoms with E-state index in [9.17, 15) is 0 Å². The van der Waals surface area contributed by atoms with Crippen LogP contribution in [-0.4, -0.2) is 11.7 Å². The van der Waals surface area contributed by atoms with Gasteiger partial charge in [-0.25, -0.2) is 0 Å². The Hall–Kier alpha value is -1.80. The van der Waals surface area contributed by atoms with E-state index >= 15 is 0 Å². The summed E-state index contributed by atoms with van der Waals surface area (Å²) in [4.78, 5) is 0. The molecule has 2 aromatic carbocycles. The predicted octanol–water partition coefficient (Wildman–Crippen LogP) is 3.51. The van der Waals surface area contributed by atoms with Crippen molar-refractivity contribution in [2.75, 3.05) is 6.61 Å². The summed E-state index contributed by atoms with van der Waals surface area (Å²) in [7, 11) is 0. The molecular formula is C16H15O2. The van der Waals surface area contributed by atoms with E-state index in [1.807, 2.05) is 36.4 Å². The molecule has 1 aliphatic rings. The molecule has 1 N–H and O–H groups in total. The third kappa shape index (κ3) is 1.89. The summed E-state index contributed by atoms with van der Waals surface area (Å²) in [6.45, 7) is 0.182. The van der Waals surface area contributed by atoms with Crippen LogP contribution in [0.15, 0.2) is 48.5 Å². The lowest BCUT2D eigenvalue weighted by Crippen LogP contribution is -2.11. The fourth-order valence-electron chi connectivity index (χ4n) is 2.44. The van der Waals surface area contributed by atoms with Gasteiger partial charge >= 0.3 is 0 Å². The Morgan fingerprint density at radius 2 is 1.50 bits per heavy atom. The molecule has 0 saturated carbocycles. The molecule has 1 heterocycles. The molecule has 0 aromatic heterocycles. The Morgan fingerprint density at radius 1 is 0.944 bits per heavy atom. The van der Waals surface area contributed by atoms with Crippen molar-refractivity contribution in [3.63, 3.8) is 0 Å². The van der Waals surface area contributed by atoms with Crippen molar-refractivity contribution < 1.29 is 9.84 Å². The van der Waals surface area contributed by atoms with Crippen molar-refractivity contribution in [3.05, 3.63) is 66.1 Å². The maximum atomic E-state index is 9.03. The summed E-state index contributed by atoms with van der Waals surface area (Å²) in [6.07, 6.45) is 2.84. The number of rotatable bonds is 3. The average molecular weight is 239 g/mol. The van der Waals surface area contributed by atoms with Crippen molar-refractivity contribution in [2.24, 2.45) is 0 Å². The second-order valence-corrected chi connectivity index (χ2v) is 4.40. The first kappa shape index (κ1) is 11.3. The largest absolute Gasteiger partial charge is 0.457 e. The van der Waals surface area contributed by atoms with Gasteiger partial charge in [0.2, 0.25) is 0 Å². The van der Waals surface area contributed by atoms with E-state index < -0.39 is 0 Å². The van der Waals surface area contributed by atoms with E-state index in [-0.39, 0.29) is 12.5 Å². The topological polar surface area (TPSA) is 29.5 Å². The molecule has 2 aromatic rings. The van der Waals surface area contributed by atoms with Crippen molar-refractivity contribution in [3.8, 4) is 11.5 Å². The van der Waals surface area contributed by atoms with Crippen molar-refractivity contribution in [1.82, 2.24) is 0 Å². The first-order chi connectivity index (χ1) is 8.90. The van der Waals surface area contributed by atoms with E-state index in [2.05, 4.69) is 18.6 Å². The minimum atomic E-state index is 0.182. The molecule has 2 nitrogen and oxygen atoms in total. The third-order valence-corrected chi connectivity index (χ3v) is 3.26. The standard InChI is InChI=1S/C16H15O2/c17-11-5-8-12-13-6-1-3-9-15(13)18-16-10-4-2-7-14(12)16/h1-4,6-10,12,17H,5,11H2. The quantitative estimate of drug-likeness (QED) is 0.888. The van der Waals surface area contributed by atoms with Crippen LogP contribution < -0.4 is 4.74 Å². The summed E-state index contributed by atoms with van der Waals surface area (Å²) < 4.78 is 5.91. The zero-order valence-electron chi connectivity index (χ0n) is 10.0. The first-order valence-electron chi connectivity index (χ1n) is 6.20. The van der Waals surface area contributed by atoms with Crippen molar-refractivity contribution in [1.29, 1.82) is 0 Å². The lowest BCUT2D eigenvalue weighted by molar-refractivity contribution is 0.295. The summed E-state index contributed by atoms with van der Waals surface area (Å²) in [5.74, 6) is 2.03. The van der Waals surface area contributed by atoms with Gasteiger partial charge in [-0.2, -0.15) is 0 Å². The van der Waals surface area contributed by atoms with Gasteiger partial charge in [-0.15, -0.1) is 0 Å². The molecule has 0 atom stereocenters. The van der Waals surface area contributed by atoms with Gasteiger partial charge in [0, 0.05) is 23.7 Å². The highest BCUT2D eigenvalue weighted by molar-refractivity contribution is 5.54. The minimum absolute atomic E-state index is 0.182. The summed E-state index contributed by atoms with van der Waals surface area (Å²) in [5.41, 5.74) is 2.34. The zero-order chi connectivity index (χ0) is 12.4. The van der Waals surface area contributed by atoms with Crippen LogP contribution in [0.5, 0.6) is 11.5 Å². The van der Waals surface area contributed by atoms with E-state index in [0.717, 1.165) is 11.5 Å². The zero-order valence-corrected chi connectivity index (χ0v) is 10.0. The number of ether oxygens (including phenoxy) is 1. The number of hydrogen-bond acceptors (Lipinski definition) is 2. The molecule has 0 spiro atoms. The van der Waals surface area contributed by atoms with Crippen LogP contribution >= 0.6 is 0 Å². The normalized spacial score (nSPS) is 13.6. The van der Waals surface area contributed by atoms with Crippen LogP contribution in [0.3, 0.4) is 0 Å². The molecule has 0 aliphatic carbocycles. The highest BCUT2D eigenvalue weighted by Gasteiger charge is 2.26. The van der Waals surface area contributed by atoms with Crippen molar-refractivity contribution in [2.45, 2.75) is 12.3 Å². The number of para-hydroxylation sites is 2. The van der Waals surface area contributed by atoms with Gasteiger partial charge in [-0.3, -0.25) is 0 Å². The SMILES string of the molecule is OCC[CH]C1c2ccccc2Oc2ccccc21. The lowest BCUT2D eigenvalue weighted by Gasteiger charge is -2.27. The van der Waals surface area contributed by atoms with Crippen LogP contribution in [0, 0.1) is 6.42 Å². The third-order valence-electron chi connectivity index (χ3n) is 3.26. The fraction of sp³-hybridized carbons (Fsp3) is 0.188. The van der Waals surface area contributed by atoms with Crippen LogP contribution in [0.1, 0.15) is 23.5 Å². The Balaban J connectivity index is 2.05. The number of aliphatic hydroxyl groups excluding tert-OH is 1. The van der Waals surface area contributed by atoms with Gasteiger partial charge < -0.3 is 9.84 Å². The van der Waals surface area contributed by atoms with Gasteiger partial charge in [-0.05, 0) is 25.0 Å². The summed E-state index contributed by atoms with van der Waals surface area (Å²) >= 11 is 0. The monoisotopic (exact) mass is 239 g/mol. The Kier molecular flexibility index (Phi) is 3.03. The predicted molar refractivity (Wildman–Crippen MR) is 70.8 cm³/mol. The van der Waals surface area contributed by atoms with Crippen LogP contribution in [0.2, 0.25) is 0 Å². The lowest BCUT2D eigenvalue weighted by atomic mass is 9.85. The Bertz CT molecular complexity index is 503. The molecule has 0 saturated heterocycles. The summed E-state index contributed by atoms with van der Waals surface area (Å²) in [6, 6.07) is 16.2. The van der Waals surface area contributed by atoms with Crippen LogP contribution in [-0.2, 0) is 0 Å². The molecule has 1 aliphatic heterocycles. The molecule has 0 amide bonds. The smallest absolute Gasteiger partial charge is 0.131 e. The maximum Gasteiger partial charge on any atom is 0.131 e. The first-order valence-corrected chi connectivity index (χ1v) is 6.20. The molecule has 0 unspecified atom stereocenters. The van der Waals surface area contributed by atoms with Gasteiger partial charge in [0.05, 0.1) is 0 Å². The van der Waals surface area contributed by atoms with Gasteiger partial charge in [0.15, 0.2) is 0 Å². The summed E-state index contributed by atoms with van der Waals surface area (Å²) in [5, 5.41) is 9.03. The minimum Gasteiger partial charge on any atom is -0.457 e. The van der Waals surface area contributed by atoms with Crippen LogP contribution in [0.25, 0.3) is 0 Å². The highest BCUT2D eigenvalue weighted by atomic mass is 16.5. The van der Waals surface area contributed by atoms with Crippen molar-refractivity contribution >= 4 is 0 Å². The van der Waals surface area contributed by atoms with Gasteiger partial charge in [0.1, 0.15) is 11.5 Å². The average Bonchev–Trinajstić information content (AvgIpc) is 2.43. The molecule has 91 valence electrons. The van der Waals surface area contributed by atoms with E-state index in [1.165, 1.54) is 11.1 Å². The maximum absolute atomic E-state index is 9.03. The van der Waals surface area contributed by atoms with E-state index in [0.29, 0.717) is 6.42 Å². The fourth-order valence-corrected chi connectivity index (χ4v) is 2.44. The number of benzene rings is 2. The Morgan fingerprint density at radius 3 is 2.06 bits per heavy atom. The van der Waals surface area contributed by atoms with Gasteiger partial charge in [0.25, 0.3) is 0 Å². The second-order valence-electron chi connectivity index (χ2n) is 4.40. The highest BCUT2D eigenvalue weighted by Crippen LogP contribution is 2.45. The molecular weight excluding hydrogens is 224 g/mol. The van der Waals surface area contributed by atoms with Gasteiger partial charge in [-0.1, -0.05) is 36.4 Å². The molecule has 2 heteroatoms. The number of fused-ring (bicyclic) bond motifs is 2. The van der Waals surface area contributed by atoms with E-state index in [4.69, 9.17) is 9.84 Å².